The second-order valence-electron chi connectivity index (χ2n) is 14.9. The summed E-state index contributed by atoms with van der Waals surface area (Å²) in [5, 5.41) is 12.7. The number of thiophene rings is 1. The first-order chi connectivity index (χ1) is 28.3. The lowest BCUT2D eigenvalue weighted by atomic mass is 9.98. The number of benzene rings is 10. The van der Waals surface area contributed by atoms with E-state index in [0.29, 0.717) is 0 Å². The molecule has 0 saturated heterocycles. The molecule has 0 radical (unpaired) electrons. The van der Waals surface area contributed by atoms with Gasteiger partial charge >= 0.3 is 0 Å². The predicted molar refractivity (Wildman–Crippen MR) is 246 cm³/mol. The Balaban J connectivity index is 1.08. The quantitative estimate of drug-likeness (QED) is 0.159. The zero-order chi connectivity index (χ0) is 37.5. The Hall–Kier alpha value is -7.20. The largest absolute Gasteiger partial charge is 0.309 e. The number of anilines is 3. The van der Waals surface area contributed by atoms with E-state index in [1.807, 2.05) is 11.3 Å². The van der Waals surface area contributed by atoms with E-state index < -0.39 is 0 Å². The van der Waals surface area contributed by atoms with Gasteiger partial charge in [0.25, 0.3) is 0 Å². The van der Waals surface area contributed by atoms with Gasteiger partial charge in [-0.2, -0.15) is 0 Å². The number of fused-ring (bicyclic) bond motifs is 11. The van der Waals surface area contributed by atoms with Crippen LogP contribution in [0.1, 0.15) is 0 Å². The highest BCUT2D eigenvalue weighted by molar-refractivity contribution is 7.27. The summed E-state index contributed by atoms with van der Waals surface area (Å²) in [6, 6.07) is 75.7. The molecule has 0 aliphatic rings. The maximum absolute atomic E-state index is 2.47. The van der Waals surface area contributed by atoms with Crippen molar-refractivity contribution < 1.29 is 0 Å². The minimum Gasteiger partial charge on any atom is -0.309 e. The summed E-state index contributed by atoms with van der Waals surface area (Å²) in [6.07, 6.45) is 0. The molecule has 3 heteroatoms. The smallest absolute Gasteiger partial charge is 0.0640 e. The Kier molecular flexibility index (Phi) is 7.13. The number of nitrogens with zero attached hydrogens (tertiary/aromatic N) is 2. The molecule has 12 rings (SSSR count). The van der Waals surface area contributed by atoms with E-state index >= 15 is 0 Å². The molecule has 0 spiro atoms. The van der Waals surface area contributed by atoms with Gasteiger partial charge in [0.1, 0.15) is 0 Å². The monoisotopic (exact) mass is 742 g/mol. The van der Waals surface area contributed by atoms with Crippen LogP contribution < -0.4 is 4.90 Å². The first-order valence-electron chi connectivity index (χ1n) is 19.5. The molecule has 0 N–H and O–H groups in total. The third-order valence-electron chi connectivity index (χ3n) is 11.7. The van der Waals surface area contributed by atoms with Crippen molar-refractivity contribution in [1.29, 1.82) is 0 Å². The van der Waals surface area contributed by atoms with E-state index in [2.05, 4.69) is 216 Å². The Labute approximate surface area is 333 Å². The lowest BCUT2D eigenvalue weighted by Crippen LogP contribution is -2.10. The average Bonchev–Trinajstić information content (AvgIpc) is 3.84. The van der Waals surface area contributed by atoms with Crippen LogP contribution in [-0.4, -0.2) is 4.57 Å². The van der Waals surface area contributed by atoms with Crippen LogP contribution in [0.4, 0.5) is 17.1 Å². The van der Waals surface area contributed by atoms with Gasteiger partial charge in [-0.25, -0.2) is 0 Å². The fourth-order valence-corrected chi connectivity index (χ4v) is 10.5. The topological polar surface area (TPSA) is 8.17 Å². The molecule has 0 fully saturated rings. The van der Waals surface area contributed by atoms with Gasteiger partial charge in [0, 0.05) is 43.3 Å². The highest BCUT2D eigenvalue weighted by atomic mass is 32.1. The lowest BCUT2D eigenvalue weighted by Gasteiger charge is -2.27. The zero-order valence-corrected chi connectivity index (χ0v) is 31.7. The highest BCUT2D eigenvalue weighted by Gasteiger charge is 2.21. The normalized spacial score (nSPS) is 11.9. The Bertz CT molecular complexity index is 3520. The van der Waals surface area contributed by atoms with Gasteiger partial charge in [0.05, 0.1) is 21.4 Å². The van der Waals surface area contributed by atoms with Crippen molar-refractivity contribution in [2.45, 2.75) is 0 Å². The number of hydrogen-bond acceptors (Lipinski definition) is 2. The van der Waals surface area contributed by atoms with Crippen LogP contribution in [-0.2, 0) is 0 Å². The number of rotatable bonds is 5. The van der Waals surface area contributed by atoms with Crippen molar-refractivity contribution in [3.05, 3.63) is 206 Å². The number of hydrogen-bond donors (Lipinski definition) is 0. The molecule has 2 heterocycles. The second kappa shape index (κ2) is 12.7. The summed E-state index contributed by atoms with van der Waals surface area (Å²) in [6.45, 7) is 0. The van der Waals surface area contributed by atoms with E-state index in [-0.39, 0.29) is 0 Å². The molecule has 0 aliphatic carbocycles. The number of para-hydroxylation sites is 2. The molecular weight excluding hydrogens is 709 g/mol. The second-order valence-corrected chi connectivity index (χ2v) is 15.9. The minimum absolute atomic E-state index is 1.12. The number of aromatic nitrogens is 1. The van der Waals surface area contributed by atoms with Crippen LogP contribution in [0.3, 0.4) is 0 Å². The average molecular weight is 743 g/mol. The molecule has 10 aromatic carbocycles. The van der Waals surface area contributed by atoms with E-state index in [9.17, 15) is 0 Å². The van der Waals surface area contributed by atoms with Crippen LogP contribution in [0.5, 0.6) is 0 Å². The van der Waals surface area contributed by atoms with E-state index in [4.69, 9.17) is 0 Å². The van der Waals surface area contributed by atoms with Crippen LogP contribution >= 0.6 is 11.3 Å². The molecule has 0 atom stereocenters. The first kappa shape index (κ1) is 32.1. The molecule has 57 heavy (non-hydrogen) atoms. The highest BCUT2D eigenvalue weighted by Crippen LogP contribution is 2.48. The third kappa shape index (κ3) is 4.96. The van der Waals surface area contributed by atoms with Crippen molar-refractivity contribution in [3.63, 3.8) is 0 Å². The molecule has 0 amide bonds. The summed E-state index contributed by atoms with van der Waals surface area (Å²) in [4.78, 5) is 2.47. The fourth-order valence-electron chi connectivity index (χ4n) is 9.15. The molecule has 266 valence electrons. The first-order valence-corrected chi connectivity index (χ1v) is 20.3. The maximum atomic E-state index is 2.47. The van der Waals surface area contributed by atoms with Gasteiger partial charge in [-0.15, -0.1) is 11.3 Å². The fraction of sp³-hybridized carbons (Fsp3) is 0. The van der Waals surface area contributed by atoms with E-state index in [1.54, 1.807) is 0 Å². The molecule has 0 unspecified atom stereocenters. The van der Waals surface area contributed by atoms with Crippen molar-refractivity contribution in [1.82, 2.24) is 4.57 Å². The lowest BCUT2D eigenvalue weighted by molar-refractivity contribution is 1.18. The molecule has 12 aromatic rings. The van der Waals surface area contributed by atoms with Gasteiger partial charge in [0.2, 0.25) is 0 Å². The van der Waals surface area contributed by atoms with Crippen LogP contribution in [0.15, 0.2) is 206 Å². The van der Waals surface area contributed by atoms with Crippen molar-refractivity contribution in [2.75, 3.05) is 4.90 Å². The molecule has 2 aromatic heterocycles. The molecule has 0 bridgehead atoms. The zero-order valence-electron chi connectivity index (χ0n) is 30.9. The Morgan fingerprint density at radius 3 is 1.81 bits per heavy atom. The van der Waals surface area contributed by atoms with Crippen LogP contribution in [0.2, 0.25) is 0 Å². The van der Waals surface area contributed by atoms with E-state index in [0.717, 1.165) is 11.4 Å². The summed E-state index contributed by atoms with van der Waals surface area (Å²) < 4.78 is 5.00. The van der Waals surface area contributed by atoms with Crippen LogP contribution in [0.25, 0.3) is 91.1 Å². The standard InChI is InChI=1S/C54H34N2S/c1-2-14-39(15-3-1)56-49-21-9-8-18-47(49)52-43(19-10-22-50(52)56)37-26-30-40(31-27-37)55(41-32-28-38-25-24-35-12-4-6-16-42(35)48(38)34-41)51-23-11-20-45-46-33-29-36-13-5-7-17-44(36)53(46)57-54(45)51/h1-34H. The van der Waals surface area contributed by atoms with Gasteiger partial charge in [-0.1, -0.05) is 152 Å². The van der Waals surface area contributed by atoms with Crippen molar-refractivity contribution in [3.8, 4) is 16.8 Å². The van der Waals surface area contributed by atoms with Gasteiger partial charge in [-0.05, 0) is 98.0 Å². The maximum Gasteiger partial charge on any atom is 0.0640 e. The summed E-state index contributed by atoms with van der Waals surface area (Å²) in [5.74, 6) is 0. The van der Waals surface area contributed by atoms with E-state index in [1.165, 1.54) is 96.8 Å². The Morgan fingerprint density at radius 1 is 0.368 bits per heavy atom. The van der Waals surface area contributed by atoms with Crippen LogP contribution in [0, 0.1) is 0 Å². The van der Waals surface area contributed by atoms with Gasteiger partial charge in [0.15, 0.2) is 0 Å². The SMILES string of the molecule is c1ccc(-n2c3ccccc3c3c(-c4ccc(N(c5ccc6ccc7ccccc7c6c5)c5cccc6c5sc5c7ccccc7ccc65)cc4)cccc32)cc1. The summed E-state index contributed by atoms with van der Waals surface area (Å²) >= 11 is 1.90. The third-order valence-corrected chi connectivity index (χ3v) is 13.0. The van der Waals surface area contributed by atoms with Gasteiger partial charge < -0.3 is 9.47 Å². The van der Waals surface area contributed by atoms with Crippen molar-refractivity contribution in [2.24, 2.45) is 0 Å². The molecule has 0 aliphatic heterocycles. The molecular formula is C54H34N2S. The Morgan fingerprint density at radius 2 is 0.965 bits per heavy atom. The van der Waals surface area contributed by atoms with Crippen molar-refractivity contribution >= 4 is 103 Å². The minimum atomic E-state index is 1.12. The van der Waals surface area contributed by atoms with Gasteiger partial charge in [-0.3, -0.25) is 0 Å². The molecule has 2 nitrogen and oxygen atoms in total. The summed E-state index contributed by atoms with van der Waals surface area (Å²) in [7, 11) is 0. The molecule has 0 saturated carbocycles. The predicted octanol–water partition coefficient (Wildman–Crippen LogP) is 15.7. The summed E-state index contributed by atoms with van der Waals surface area (Å²) in [5.41, 5.74) is 9.43.